The van der Waals surface area contributed by atoms with Gasteiger partial charge < -0.3 is 10.1 Å². The van der Waals surface area contributed by atoms with E-state index in [0.29, 0.717) is 6.04 Å². The van der Waals surface area contributed by atoms with Crippen molar-refractivity contribution in [1.29, 1.82) is 0 Å². The lowest BCUT2D eigenvalue weighted by atomic mass is 10.1. The van der Waals surface area contributed by atoms with Gasteiger partial charge in [-0.2, -0.15) is 0 Å². The quantitative estimate of drug-likeness (QED) is 0.780. The first-order valence-electron chi connectivity index (χ1n) is 6.58. The van der Waals surface area contributed by atoms with Gasteiger partial charge in [0.05, 0.1) is 6.10 Å². The number of benzene rings is 1. The summed E-state index contributed by atoms with van der Waals surface area (Å²) < 4.78 is 5.88. The average Bonchev–Trinajstić information content (AvgIpc) is 2.29. The number of ether oxygens (including phenoxy) is 1. The minimum Gasteiger partial charge on any atom is -0.491 e. The molecule has 17 heavy (non-hydrogen) atoms. The van der Waals surface area contributed by atoms with Gasteiger partial charge in [0.1, 0.15) is 5.75 Å². The zero-order valence-electron chi connectivity index (χ0n) is 11.5. The van der Waals surface area contributed by atoms with Crippen LogP contribution in [0.25, 0.3) is 0 Å². The molecule has 0 fully saturated rings. The normalized spacial score (nSPS) is 14.4. The van der Waals surface area contributed by atoms with Gasteiger partial charge >= 0.3 is 0 Å². The van der Waals surface area contributed by atoms with Crippen LogP contribution >= 0.6 is 0 Å². The van der Waals surface area contributed by atoms with Crippen molar-refractivity contribution in [3.8, 4) is 5.75 Å². The average molecular weight is 235 g/mol. The van der Waals surface area contributed by atoms with Crippen molar-refractivity contribution in [3.63, 3.8) is 0 Å². The zero-order chi connectivity index (χ0) is 12.7. The highest BCUT2D eigenvalue weighted by atomic mass is 16.5. The van der Waals surface area contributed by atoms with Crippen molar-refractivity contribution in [2.24, 2.45) is 0 Å². The Morgan fingerprint density at radius 3 is 2.41 bits per heavy atom. The van der Waals surface area contributed by atoms with E-state index in [1.807, 2.05) is 12.1 Å². The Labute approximate surface area is 105 Å². The molecule has 0 saturated carbocycles. The molecule has 1 N–H and O–H groups in total. The van der Waals surface area contributed by atoms with Gasteiger partial charge in [-0.05, 0) is 52.3 Å². The van der Waals surface area contributed by atoms with Gasteiger partial charge in [-0.1, -0.05) is 24.6 Å². The molecule has 0 radical (unpaired) electrons. The Kier molecular flexibility index (Phi) is 6.06. The van der Waals surface area contributed by atoms with Crippen LogP contribution in [-0.4, -0.2) is 18.7 Å². The van der Waals surface area contributed by atoms with Gasteiger partial charge in [-0.3, -0.25) is 0 Å². The fourth-order valence-corrected chi connectivity index (χ4v) is 1.87. The fourth-order valence-electron chi connectivity index (χ4n) is 1.87. The topological polar surface area (TPSA) is 21.3 Å². The fraction of sp³-hybridized carbons (Fsp3) is 0.600. The monoisotopic (exact) mass is 235 g/mol. The molecule has 0 aliphatic heterocycles. The van der Waals surface area contributed by atoms with Crippen LogP contribution in [0.5, 0.6) is 5.75 Å². The summed E-state index contributed by atoms with van der Waals surface area (Å²) in [5, 5.41) is 3.48. The standard InChI is InChI=1S/C15H25NO/c1-5-10-16-13(3)11-14(4)17-15-8-6-12(2)7-9-15/h6-9,13-14,16H,5,10-11H2,1-4H3. The number of hydrogen-bond acceptors (Lipinski definition) is 2. The number of hydrogen-bond donors (Lipinski definition) is 1. The van der Waals surface area contributed by atoms with Gasteiger partial charge in [-0.25, -0.2) is 0 Å². The molecule has 0 amide bonds. The molecule has 1 aromatic carbocycles. The van der Waals surface area contributed by atoms with Gasteiger partial charge in [-0.15, -0.1) is 0 Å². The van der Waals surface area contributed by atoms with Crippen LogP contribution in [0.4, 0.5) is 0 Å². The molecule has 0 saturated heterocycles. The van der Waals surface area contributed by atoms with Crippen molar-refractivity contribution < 1.29 is 4.74 Å². The molecule has 96 valence electrons. The molecule has 1 aromatic rings. The molecule has 0 bridgehead atoms. The van der Waals surface area contributed by atoms with Crippen molar-refractivity contribution in [3.05, 3.63) is 29.8 Å². The number of aryl methyl sites for hydroxylation is 1. The van der Waals surface area contributed by atoms with Crippen molar-refractivity contribution in [1.82, 2.24) is 5.32 Å². The molecule has 0 heterocycles. The summed E-state index contributed by atoms with van der Waals surface area (Å²) in [6, 6.07) is 8.75. The molecule has 2 atom stereocenters. The van der Waals surface area contributed by atoms with E-state index in [9.17, 15) is 0 Å². The maximum absolute atomic E-state index is 5.88. The summed E-state index contributed by atoms with van der Waals surface area (Å²) in [5.74, 6) is 0.964. The van der Waals surface area contributed by atoms with Crippen molar-refractivity contribution >= 4 is 0 Å². The van der Waals surface area contributed by atoms with Gasteiger partial charge in [0.25, 0.3) is 0 Å². The summed E-state index contributed by atoms with van der Waals surface area (Å²) in [7, 11) is 0. The molecule has 0 aliphatic carbocycles. The molecule has 2 unspecified atom stereocenters. The van der Waals surface area contributed by atoms with Crippen molar-refractivity contribution in [2.75, 3.05) is 6.54 Å². The third kappa shape index (κ3) is 5.73. The Morgan fingerprint density at radius 1 is 1.18 bits per heavy atom. The van der Waals surface area contributed by atoms with E-state index < -0.39 is 0 Å². The highest BCUT2D eigenvalue weighted by Gasteiger charge is 2.09. The first-order chi connectivity index (χ1) is 8.11. The Balaban J connectivity index is 2.33. The Morgan fingerprint density at radius 2 is 1.82 bits per heavy atom. The molecular weight excluding hydrogens is 210 g/mol. The van der Waals surface area contributed by atoms with Crippen LogP contribution in [0.15, 0.2) is 24.3 Å². The third-order valence-electron chi connectivity index (χ3n) is 2.79. The number of rotatable bonds is 7. The third-order valence-corrected chi connectivity index (χ3v) is 2.79. The lowest BCUT2D eigenvalue weighted by Crippen LogP contribution is -2.31. The first kappa shape index (κ1) is 14.0. The Bertz CT molecular complexity index is 307. The maximum atomic E-state index is 5.88. The van der Waals surface area contributed by atoms with E-state index in [4.69, 9.17) is 4.74 Å². The number of nitrogens with one attached hydrogen (secondary N) is 1. The summed E-state index contributed by atoms with van der Waals surface area (Å²) in [6.45, 7) is 9.70. The van der Waals surface area contributed by atoms with Crippen LogP contribution in [0.2, 0.25) is 0 Å². The van der Waals surface area contributed by atoms with Crippen molar-refractivity contribution in [2.45, 2.75) is 52.7 Å². The van der Waals surface area contributed by atoms with E-state index in [1.54, 1.807) is 0 Å². The second-order valence-corrected chi connectivity index (χ2v) is 4.83. The zero-order valence-corrected chi connectivity index (χ0v) is 11.5. The minimum atomic E-state index is 0.247. The second-order valence-electron chi connectivity index (χ2n) is 4.83. The molecular formula is C15H25NO. The van der Waals surface area contributed by atoms with Crippen LogP contribution < -0.4 is 10.1 Å². The molecule has 0 aliphatic rings. The lowest BCUT2D eigenvalue weighted by Gasteiger charge is -2.20. The second kappa shape index (κ2) is 7.33. The molecule has 1 rings (SSSR count). The smallest absolute Gasteiger partial charge is 0.119 e. The molecule has 0 spiro atoms. The highest BCUT2D eigenvalue weighted by molar-refractivity contribution is 5.26. The van der Waals surface area contributed by atoms with E-state index in [-0.39, 0.29) is 6.10 Å². The minimum absolute atomic E-state index is 0.247. The van der Waals surface area contributed by atoms with E-state index in [1.165, 1.54) is 12.0 Å². The predicted octanol–water partition coefficient (Wildman–Crippen LogP) is 3.54. The molecule has 0 aromatic heterocycles. The van der Waals surface area contributed by atoms with Gasteiger partial charge in [0.15, 0.2) is 0 Å². The summed E-state index contributed by atoms with van der Waals surface area (Å²) >= 11 is 0. The summed E-state index contributed by atoms with van der Waals surface area (Å²) in [4.78, 5) is 0. The largest absolute Gasteiger partial charge is 0.491 e. The van der Waals surface area contributed by atoms with Crippen LogP contribution in [0, 0.1) is 6.92 Å². The van der Waals surface area contributed by atoms with Crippen LogP contribution in [0.3, 0.4) is 0 Å². The van der Waals surface area contributed by atoms with E-state index in [2.05, 4.69) is 45.1 Å². The Hall–Kier alpha value is -1.02. The summed E-state index contributed by atoms with van der Waals surface area (Å²) in [6.07, 6.45) is 2.46. The molecule has 2 nitrogen and oxygen atoms in total. The van der Waals surface area contributed by atoms with Gasteiger partial charge in [0.2, 0.25) is 0 Å². The first-order valence-corrected chi connectivity index (χ1v) is 6.58. The summed E-state index contributed by atoms with van der Waals surface area (Å²) in [5.41, 5.74) is 1.27. The van der Waals surface area contributed by atoms with E-state index >= 15 is 0 Å². The van der Waals surface area contributed by atoms with Gasteiger partial charge in [0, 0.05) is 6.04 Å². The lowest BCUT2D eigenvalue weighted by molar-refractivity contribution is 0.196. The SMILES string of the molecule is CCCNC(C)CC(C)Oc1ccc(C)cc1. The van der Waals surface area contributed by atoms with E-state index in [0.717, 1.165) is 18.7 Å². The maximum Gasteiger partial charge on any atom is 0.119 e. The highest BCUT2D eigenvalue weighted by Crippen LogP contribution is 2.15. The van der Waals surface area contributed by atoms with Crippen LogP contribution in [0.1, 0.15) is 39.2 Å². The van der Waals surface area contributed by atoms with Crippen LogP contribution in [-0.2, 0) is 0 Å². The predicted molar refractivity (Wildman–Crippen MR) is 73.6 cm³/mol. The molecule has 2 heteroatoms.